The molecule has 2 radical (unpaired) electrons. The van der Waals surface area contributed by atoms with Crippen LogP contribution in [-0.2, 0) is 0 Å². The van der Waals surface area contributed by atoms with Gasteiger partial charge in [0.2, 0.25) is 0 Å². The number of rotatable bonds is 1. The van der Waals surface area contributed by atoms with Crippen molar-refractivity contribution < 1.29 is 4.79 Å². The van der Waals surface area contributed by atoms with Crippen molar-refractivity contribution in [3.05, 3.63) is 29.3 Å². The Hall–Kier alpha value is -1.05. The average molecular weight is 130 g/mol. The maximum atomic E-state index is 10.2. The van der Waals surface area contributed by atoms with Crippen LogP contribution >= 0.6 is 0 Å². The number of hydrogen-bond donors (Lipinski definition) is 0. The molecule has 0 aromatic heterocycles. The molecule has 0 unspecified atom stereocenters. The Kier molecular flexibility index (Phi) is 1.90. The molecule has 0 aliphatic carbocycles. The van der Waals surface area contributed by atoms with Gasteiger partial charge in [0.1, 0.15) is 14.1 Å². The lowest BCUT2D eigenvalue weighted by atomic mass is 9.90. The van der Waals surface area contributed by atoms with Crippen LogP contribution in [0.15, 0.2) is 18.2 Å². The fourth-order valence-electron chi connectivity index (χ4n) is 0.732. The topological polar surface area (TPSA) is 17.1 Å². The zero-order chi connectivity index (χ0) is 7.56. The first kappa shape index (κ1) is 7.07. The van der Waals surface area contributed by atoms with Crippen LogP contribution in [0.2, 0.25) is 0 Å². The number of carbonyl (C=O) groups excluding carboxylic acids is 1. The highest BCUT2D eigenvalue weighted by atomic mass is 16.1. The smallest absolute Gasteiger partial charge is 0.150 e. The van der Waals surface area contributed by atoms with Crippen molar-refractivity contribution in [3.63, 3.8) is 0 Å². The predicted octanol–water partition coefficient (Wildman–Crippen LogP) is 0.601. The van der Waals surface area contributed by atoms with E-state index in [1.807, 2.05) is 13.0 Å². The molecule has 0 atom stereocenters. The van der Waals surface area contributed by atoms with Crippen molar-refractivity contribution in [2.24, 2.45) is 0 Å². The molecule has 2 heteroatoms. The molecule has 0 spiro atoms. The van der Waals surface area contributed by atoms with Crippen LogP contribution in [0.1, 0.15) is 15.9 Å². The van der Waals surface area contributed by atoms with E-state index in [9.17, 15) is 4.79 Å². The van der Waals surface area contributed by atoms with Gasteiger partial charge in [0.05, 0.1) is 0 Å². The number of benzene rings is 1. The SMILES string of the molecule is [B]c1cc(C=O)ccc1C. The first-order valence-electron chi connectivity index (χ1n) is 3.05. The summed E-state index contributed by atoms with van der Waals surface area (Å²) in [5.41, 5.74) is 2.30. The molecular weight excluding hydrogens is 123 g/mol. The first-order chi connectivity index (χ1) is 4.74. The van der Waals surface area contributed by atoms with Crippen LogP contribution in [0.4, 0.5) is 0 Å². The summed E-state index contributed by atoms with van der Waals surface area (Å²) in [4.78, 5) is 10.2. The quantitative estimate of drug-likeness (QED) is 0.401. The molecule has 0 N–H and O–H groups in total. The molecule has 48 valence electrons. The van der Waals surface area contributed by atoms with E-state index in [-0.39, 0.29) is 0 Å². The summed E-state index contributed by atoms with van der Waals surface area (Å²) in [5, 5.41) is 0. The lowest BCUT2D eigenvalue weighted by Crippen LogP contribution is -2.07. The van der Waals surface area contributed by atoms with Gasteiger partial charge in [0, 0.05) is 5.56 Å². The molecule has 0 amide bonds. The molecule has 0 saturated carbocycles. The van der Waals surface area contributed by atoms with E-state index < -0.39 is 0 Å². The number of aldehydes is 1. The van der Waals surface area contributed by atoms with Gasteiger partial charge >= 0.3 is 0 Å². The first-order valence-corrected chi connectivity index (χ1v) is 3.05. The van der Waals surface area contributed by atoms with Gasteiger partial charge in [-0.3, -0.25) is 4.79 Å². The Balaban J connectivity index is 3.16. The highest BCUT2D eigenvalue weighted by molar-refractivity contribution is 6.33. The molecule has 1 aromatic carbocycles. The van der Waals surface area contributed by atoms with E-state index in [0.717, 1.165) is 11.8 Å². The molecular formula is C8H7BO. The van der Waals surface area contributed by atoms with Crippen LogP contribution in [0.5, 0.6) is 0 Å². The zero-order valence-corrected chi connectivity index (χ0v) is 5.79. The van der Waals surface area contributed by atoms with Crippen molar-refractivity contribution in [2.45, 2.75) is 6.92 Å². The maximum Gasteiger partial charge on any atom is 0.150 e. The minimum Gasteiger partial charge on any atom is -0.298 e. The fraction of sp³-hybridized carbons (Fsp3) is 0.125. The van der Waals surface area contributed by atoms with E-state index in [2.05, 4.69) is 0 Å². The second-order valence-electron chi connectivity index (χ2n) is 2.23. The van der Waals surface area contributed by atoms with Gasteiger partial charge in [-0.25, -0.2) is 0 Å². The van der Waals surface area contributed by atoms with Gasteiger partial charge in [0.15, 0.2) is 0 Å². The van der Waals surface area contributed by atoms with Gasteiger partial charge in [-0.1, -0.05) is 29.2 Å². The molecule has 10 heavy (non-hydrogen) atoms. The molecule has 1 nitrogen and oxygen atoms in total. The summed E-state index contributed by atoms with van der Waals surface area (Å²) >= 11 is 0. The minimum atomic E-state index is 0.628. The van der Waals surface area contributed by atoms with Crippen LogP contribution in [-0.4, -0.2) is 14.1 Å². The van der Waals surface area contributed by atoms with Gasteiger partial charge in [-0.15, -0.1) is 0 Å². The summed E-state index contributed by atoms with van der Waals surface area (Å²) in [6.45, 7) is 1.91. The van der Waals surface area contributed by atoms with Gasteiger partial charge in [0.25, 0.3) is 0 Å². The molecule has 0 bridgehead atoms. The zero-order valence-electron chi connectivity index (χ0n) is 5.79. The highest BCUT2D eigenvalue weighted by Crippen LogP contribution is 1.95. The van der Waals surface area contributed by atoms with Gasteiger partial charge in [-0.2, -0.15) is 0 Å². The largest absolute Gasteiger partial charge is 0.298 e. The van der Waals surface area contributed by atoms with E-state index in [1.165, 1.54) is 0 Å². The third kappa shape index (κ3) is 1.27. The van der Waals surface area contributed by atoms with Crippen molar-refractivity contribution >= 4 is 19.6 Å². The number of carbonyl (C=O) groups is 1. The van der Waals surface area contributed by atoms with Gasteiger partial charge in [-0.05, 0) is 6.92 Å². The summed E-state index contributed by atoms with van der Waals surface area (Å²) < 4.78 is 0. The Bertz CT molecular complexity index is 255. The molecule has 0 aliphatic heterocycles. The molecule has 0 aliphatic rings. The van der Waals surface area contributed by atoms with Crippen LogP contribution < -0.4 is 5.46 Å². The summed E-state index contributed by atoms with van der Waals surface area (Å²) in [7, 11) is 5.54. The minimum absolute atomic E-state index is 0.628. The second kappa shape index (κ2) is 2.69. The molecule has 0 saturated heterocycles. The molecule has 0 fully saturated rings. The van der Waals surface area contributed by atoms with Crippen LogP contribution in [0.3, 0.4) is 0 Å². The Morgan fingerprint density at radius 1 is 1.50 bits per heavy atom. The van der Waals surface area contributed by atoms with Crippen LogP contribution in [0.25, 0.3) is 0 Å². The Morgan fingerprint density at radius 3 is 2.70 bits per heavy atom. The molecule has 1 aromatic rings. The van der Waals surface area contributed by atoms with E-state index in [1.54, 1.807) is 12.1 Å². The van der Waals surface area contributed by atoms with Crippen molar-refractivity contribution in [2.75, 3.05) is 0 Å². The lowest BCUT2D eigenvalue weighted by Gasteiger charge is -1.98. The maximum absolute atomic E-state index is 10.2. The number of aryl methyl sites for hydroxylation is 1. The normalized spacial score (nSPS) is 9.30. The molecule has 1 rings (SSSR count). The summed E-state index contributed by atoms with van der Waals surface area (Å²) in [6.07, 6.45) is 0.788. The third-order valence-corrected chi connectivity index (χ3v) is 1.44. The Labute approximate surface area is 61.5 Å². The lowest BCUT2D eigenvalue weighted by molar-refractivity contribution is 0.112. The predicted molar refractivity (Wildman–Crippen MR) is 42.0 cm³/mol. The second-order valence-corrected chi connectivity index (χ2v) is 2.23. The third-order valence-electron chi connectivity index (χ3n) is 1.44. The monoisotopic (exact) mass is 130 g/mol. The fourth-order valence-corrected chi connectivity index (χ4v) is 0.732. The van der Waals surface area contributed by atoms with E-state index >= 15 is 0 Å². The number of hydrogen-bond acceptors (Lipinski definition) is 1. The standard InChI is InChI=1S/C8H7BO/c1-6-2-3-7(5-10)4-8(6)9/h2-5H,1H3. The van der Waals surface area contributed by atoms with E-state index in [4.69, 9.17) is 7.85 Å². The van der Waals surface area contributed by atoms with E-state index in [0.29, 0.717) is 11.0 Å². The summed E-state index contributed by atoms with van der Waals surface area (Å²) in [5.74, 6) is 0. The van der Waals surface area contributed by atoms with Crippen molar-refractivity contribution in [1.29, 1.82) is 0 Å². The highest BCUT2D eigenvalue weighted by Gasteiger charge is 1.92. The van der Waals surface area contributed by atoms with Gasteiger partial charge < -0.3 is 0 Å². The van der Waals surface area contributed by atoms with Crippen LogP contribution in [0, 0.1) is 6.92 Å². The van der Waals surface area contributed by atoms with Crippen molar-refractivity contribution in [1.82, 2.24) is 0 Å². The molecule has 0 heterocycles. The summed E-state index contributed by atoms with van der Waals surface area (Å²) in [6, 6.07) is 5.25. The Morgan fingerprint density at radius 2 is 2.20 bits per heavy atom. The average Bonchev–Trinajstić information content (AvgIpc) is 1.95. The van der Waals surface area contributed by atoms with Crippen molar-refractivity contribution in [3.8, 4) is 0 Å².